The first-order valence-electron chi connectivity index (χ1n) is 4.20. The van der Waals surface area contributed by atoms with Crippen LogP contribution in [0, 0.1) is 5.92 Å². The second-order valence-corrected chi connectivity index (χ2v) is 11.7. The Labute approximate surface area is 88.6 Å². The van der Waals surface area contributed by atoms with Gasteiger partial charge in [-0.1, -0.05) is 0 Å². The lowest BCUT2D eigenvalue weighted by Gasteiger charge is -2.24. The van der Waals surface area contributed by atoms with E-state index >= 15 is 0 Å². The van der Waals surface area contributed by atoms with Crippen molar-refractivity contribution in [2.24, 2.45) is 11.7 Å². The largest absolute Gasteiger partial charge is 0.328 e. The summed E-state index contributed by atoms with van der Waals surface area (Å²) in [6, 6.07) is 0.384. The summed E-state index contributed by atoms with van der Waals surface area (Å²) in [6.07, 6.45) is 5.24. The van der Waals surface area contributed by atoms with Gasteiger partial charge in [-0.2, -0.15) is 0 Å². The molecule has 0 aromatic heterocycles. The van der Waals surface area contributed by atoms with Crippen molar-refractivity contribution in [3.63, 3.8) is 0 Å². The minimum atomic E-state index is -2.13. The first-order chi connectivity index (χ1) is 5.47. The second-order valence-electron chi connectivity index (χ2n) is 3.51. The summed E-state index contributed by atoms with van der Waals surface area (Å²) < 4.78 is 0. The monoisotopic (exact) mass is 248 g/mol. The van der Waals surface area contributed by atoms with E-state index in [4.69, 9.17) is 39.5 Å². The Balaban J connectivity index is 2.26. The van der Waals surface area contributed by atoms with E-state index < -0.39 is 5.32 Å². The van der Waals surface area contributed by atoms with Crippen LogP contribution < -0.4 is 5.73 Å². The molecule has 0 aromatic carbocycles. The Morgan fingerprint density at radius 3 is 2.00 bits per heavy atom. The molecule has 0 atom stereocenters. The summed E-state index contributed by atoms with van der Waals surface area (Å²) in [4.78, 5) is 0. The van der Waals surface area contributed by atoms with Crippen molar-refractivity contribution in [3.8, 4) is 0 Å². The van der Waals surface area contributed by atoms with Gasteiger partial charge in [-0.3, -0.25) is 0 Å². The van der Waals surface area contributed by atoms with Crippen molar-refractivity contribution < 1.29 is 0 Å². The highest BCUT2D eigenvalue weighted by Crippen LogP contribution is 2.75. The Morgan fingerprint density at radius 2 is 1.58 bits per heavy atom. The lowest BCUT2D eigenvalue weighted by atomic mass is 9.88. The highest BCUT2D eigenvalue weighted by atomic mass is 36.1. The minimum absolute atomic E-state index is 0.384. The zero-order chi connectivity index (χ0) is 9.19. The van der Waals surface area contributed by atoms with E-state index in [0.717, 1.165) is 31.8 Å². The van der Waals surface area contributed by atoms with Gasteiger partial charge in [0.15, 0.2) is 0 Å². The van der Waals surface area contributed by atoms with Gasteiger partial charge in [0.05, 0.1) is 0 Å². The van der Waals surface area contributed by atoms with Crippen LogP contribution in [-0.2, 0) is 0 Å². The maximum atomic E-state index is 5.81. The van der Waals surface area contributed by atoms with E-state index in [-0.39, 0.29) is 0 Å². The Kier molecular flexibility index (Phi) is 4.40. The van der Waals surface area contributed by atoms with Crippen LogP contribution in [0.5, 0.6) is 0 Å². The molecule has 0 aliphatic heterocycles. The molecule has 0 spiro atoms. The van der Waals surface area contributed by atoms with Gasteiger partial charge in [0, 0.05) is 6.04 Å². The van der Waals surface area contributed by atoms with Crippen molar-refractivity contribution >= 4 is 39.0 Å². The van der Waals surface area contributed by atoms with Crippen molar-refractivity contribution in [2.75, 3.05) is 6.16 Å². The highest BCUT2D eigenvalue weighted by Gasteiger charge is 2.37. The highest BCUT2D eigenvalue weighted by molar-refractivity contribution is 8.32. The molecule has 1 saturated carbocycles. The maximum Gasteiger partial charge on any atom is 0.308 e. The first-order valence-corrected chi connectivity index (χ1v) is 8.89. The van der Waals surface area contributed by atoms with Crippen LogP contribution in [0.4, 0.5) is 0 Å². The fourth-order valence-electron chi connectivity index (χ4n) is 1.66. The third kappa shape index (κ3) is 4.48. The Hall–Kier alpha value is 1.26. The van der Waals surface area contributed by atoms with Crippen LogP contribution in [0.25, 0.3) is 0 Å². The Bertz CT molecular complexity index is 140. The predicted octanol–water partition coefficient (Wildman–Crippen LogP) is 3.98. The number of rotatable bonds is 2. The lowest BCUT2D eigenvalue weighted by molar-refractivity contribution is 0.352. The number of halogens is 3. The zero-order valence-electron chi connectivity index (χ0n) is 6.85. The van der Waals surface area contributed by atoms with Gasteiger partial charge in [0.25, 0.3) is 0 Å². The van der Waals surface area contributed by atoms with E-state index in [9.17, 15) is 0 Å². The molecule has 0 unspecified atom stereocenters. The Morgan fingerprint density at radius 1 is 1.08 bits per heavy atom. The molecular weight excluding hydrogens is 235 g/mol. The van der Waals surface area contributed by atoms with Gasteiger partial charge in [0.2, 0.25) is 0 Å². The average Bonchev–Trinajstić information content (AvgIpc) is 1.91. The number of hydrogen-bond acceptors (Lipinski definition) is 1. The van der Waals surface area contributed by atoms with E-state index in [2.05, 4.69) is 0 Å². The molecule has 0 amide bonds. The molecule has 12 heavy (non-hydrogen) atoms. The topological polar surface area (TPSA) is 26.0 Å². The first kappa shape index (κ1) is 11.3. The molecule has 5 heteroatoms. The molecule has 0 heterocycles. The predicted molar refractivity (Wildman–Crippen MR) is 59.3 cm³/mol. The summed E-state index contributed by atoms with van der Waals surface area (Å²) in [5.41, 5.74) is 5.77. The summed E-state index contributed by atoms with van der Waals surface area (Å²) in [6.45, 7) is 0. The molecule has 1 aliphatic rings. The van der Waals surface area contributed by atoms with Crippen molar-refractivity contribution in [3.05, 3.63) is 0 Å². The third-order valence-electron chi connectivity index (χ3n) is 2.36. The molecule has 0 bridgehead atoms. The molecule has 1 aliphatic carbocycles. The summed E-state index contributed by atoms with van der Waals surface area (Å²) in [5.74, 6) is 0.602. The standard InChI is InChI=1S/C7H14Cl3NP/c8-12(9,10)5-6-1-3-7(11)4-2-6/h6-7H,1-5,11H2/q+1. The van der Waals surface area contributed by atoms with Crippen LogP contribution in [0.2, 0.25) is 0 Å². The molecule has 1 fully saturated rings. The molecule has 2 N–H and O–H groups in total. The van der Waals surface area contributed by atoms with Crippen LogP contribution in [0.15, 0.2) is 0 Å². The molecule has 1 rings (SSSR count). The SMILES string of the molecule is NC1CCC(C[P+](Cl)(Cl)Cl)CC1. The smallest absolute Gasteiger partial charge is 0.308 e. The number of hydrogen-bond donors (Lipinski definition) is 1. The van der Waals surface area contributed by atoms with E-state index in [1.807, 2.05) is 0 Å². The maximum absolute atomic E-state index is 5.81. The van der Waals surface area contributed by atoms with E-state index in [0.29, 0.717) is 12.0 Å². The van der Waals surface area contributed by atoms with Crippen LogP contribution in [0.3, 0.4) is 0 Å². The van der Waals surface area contributed by atoms with Crippen LogP contribution in [-0.4, -0.2) is 12.2 Å². The molecule has 0 aromatic rings. The molecule has 0 saturated heterocycles. The summed E-state index contributed by atoms with van der Waals surface area (Å²) in [7, 11) is 0. The zero-order valence-corrected chi connectivity index (χ0v) is 10.0. The lowest BCUT2D eigenvalue weighted by Crippen LogP contribution is -2.27. The van der Waals surface area contributed by atoms with Gasteiger partial charge in [0.1, 0.15) is 39.9 Å². The molecule has 0 radical (unpaired) electrons. The molecule has 1 nitrogen and oxygen atoms in total. The van der Waals surface area contributed by atoms with Crippen LogP contribution >= 0.6 is 39.0 Å². The third-order valence-corrected chi connectivity index (χ3v) is 4.53. The van der Waals surface area contributed by atoms with Gasteiger partial charge in [-0.15, -0.1) is 0 Å². The van der Waals surface area contributed by atoms with Crippen molar-refractivity contribution in [1.29, 1.82) is 0 Å². The summed E-state index contributed by atoms with van der Waals surface area (Å²) >= 11 is 17.4. The van der Waals surface area contributed by atoms with Crippen molar-refractivity contribution in [1.82, 2.24) is 0 Å². The normalized spacial score (nSPS) is 32.0. The van der Waals surface area contributed by atoms with Gasteiger partial charge in [-0.05, 0) is 31.6 Å². The fraction of sp³-hybridized carbons (Fsp3) is 1.00. The quantitative estimate of drug-likeness (QED) is 0.736. The fourth-order valence-corrected chi connectivity index (χ4v) is 4.37. The van der Waals surface area contributed by atoms with E-state index in [1.165, 1.54) is 0 Å². The molecular formula is C7H14Cl3NP+. The molecule has 72 valence electrons. The summed E-state index contributed by atoms with van der Waals surface area (Å²) in [5, 5.41) is -2.13. The van der Waals surface area contributed by atoms with Gasteiger partial charge in [-0.25, -0.2) is 0 Å². The van der Waals surface area contributed by atoms with E-state index in [1.54, 1.807) is 0 Å². The second kappa shape index (κ2) is 4.66. The minimum Gasteiger partial charge on any atom is -0.328 e. The number of nitrogens with two attached hydrogens (primary N) is 1. The van der Waals surface area contributed by atoms with Gasteiger partial charge >= 0.3 is 5.32 Å². The average molecular weight is 250 g/mol. The van der Waals surface area contributed by atoms with Crippen LogP contribution in [0.1, 0.15) is 25.7 Å². The van der Waals surface area contributed by atoms with Crippen molar-refractivity contribution in [2.45, 2.75) is 31.7 Å². The van der Waals surface area contributed by atoms with Gasteiger partial charge < -0.3 is 5.73 Å².